The van der Waals surface area contributed by atoms with Crippen LogP contribution in [0.2, 0.25) is 0 Å². The Labute approximate surface area is 143 Å². The first-order valence-electron chi connectivity index (χ1n) is 8.34. The molecule has 1 aromatic carbocycles. The quantitative estimate of drug-likeness (QED) is 0.574. The zero-order valence-corrected chi connectivity index (χ0v) is 13.8. The molecule has 1 amide bonds. The van der Waals surface area contributed by atoms with Crippen molar-refractivity contribution in [1.29, 1.82) is 0 Å². The summed E-state index contributed by atoms with van der Waals surface area (Å²) in [5.74, 6) is 0.575. The van der Waals surface area contributed by atoms with E-state index in [4.69, 9.17) is 0 Å². The average molecular weight is 337 g/mol. The first-order chi connectivity index (χ1) is 12.1. The first-order valence-corrected chi connectivity index (χ1v) is 8.34. The van der Waals surface area contributed by atoms with Gasteiger partial charge in [-0.05, 0) is 49.6 Å². The summed E-state index contributed by atoms with van der Waals surface area (Å²) in [6.45, 7) is 1.91. The summed E-state index contributed by atoms with van der Waals surface area (Å²) in [6.07, 6.45) is 3.94. The van der Waals surface area contributed by atoms with Crippen molar-refractivity contribution in [3.05, 3.63) is 58.1 Å². The molecule has 1 aliphatic rings. The highest BCUT2D eigenvalue weighted by Crippen LogP contribution is 2.24. The number of nitrogens with one attached hydrogen (secondary N) is 4. The molecule has 128 valence electrons. The summed E-state index contributed by atoms with van der Waals surface area (Å²) >= 11 is 0. The van der Waals surface area contributed by atoms with Crippen molar-refractivity contribution in [3.63, 3.8) is 0 Å². The Kier molecular flexibility index (Phi) is 3.76. The van der Waals surface area contributed by atoms with Crippen LogP contribution < -0.4 is 16.3 Å². The van der Waals surface area contributed by atoms with Crippen LogP contribution in [0, 0.1) is 0 Å². The number of amides is 1. The van der Waals surface area contributed by atoms with Gasteiger partial charge in [0, 0.05) is 17.8 Å². The fourth-order valence-corrected chi connectivity index (χ4v) is 2.77. The lowest BCUT2D eigenvalue weighted by molar-refractivity contribution is 0.0940. The smallest absolute Gasteiger partial charge is 0.323 e. The number of imidazole rings is 1. The van der Waals surface area contributed by atoms with Crippen LogP contribution in [0.15, 0.2) is 41.3 Å². The van der Waals surface area contributed by atoms with Crippen LogP contribution in [0.25, 0.3) is 11.0 Å². The van der Waals surface area contributed by atoms with Crippen molar-refractivity contribution < 1.29 is 4.79 Å². The summed E-state index contributed by atoms with van der Waals surface area (Å²) in [4.78, 5) is 33.6. The molecule has 1 aliphatic carbocycles. The van der Waals surface area contributed by atoms with Crippen molar-refractivity contribution in [3.8, 4) is 0 Å². The maximum absolute atomic E-state index is 12.5. The number of fused-ring (bicyclic) bond motifs is 1. The van der Waals surface area contributed by atoms with Gasteiger partial charge >= 0.3 is 5.69 Å². The van der Waals surface area contributed by atoms with Gasteiger partial charge in [0.25, 0.3) is 5.91 Å². The molecular formula is C18H19N5O2. The summed E-state index contributed by atoms with van der Waals surface area (Å²) in [7, 11) is 0. The van der Waals surface area contributed by atoms with Gasteiger partial charge in [-0.25, -0.2) is 9.78 Å². The van der Waals surface area contributed by atoms with Gasteiger partial charge in [0.05, 0.1) is 17.1 Å². The maximum Gasteiger partial charge on any atom is 0.323 e. The van der Waals surface area contributed by atoms with Gasteiger partial charge in [0.2, 0.25) is 0 Å². The molecule has 4 rings (SSSR count). The van der Waals surface area contributed by atoms with Crippen molar-refractivity contribution in [2.45, 2.75) is 31.8 Å². The van der Waals surface area contributed by atoms with E-state index < -0.39 is 0 Å². The molecule has 3 aromatic rings. The molecule has 0 saturated heterocycles. The Bertz CT molecular complexity index is 986. The van der Waals surface area contributed by atoms with E-state index >= 15 is 0 Å². The SMILES string of the molecule is C[C@@H](NC(=O)c1ccnc(NC2CC2)c1)c1ccc2[nH]c(=O)[nH]c2c1. The number of benzene rings is 1. The van der Waals surface area contributed by atoms with E-state index in [0.29, 0.717) is 11.6 Å². The number of hydrogen-bond donors (Lipinski definition) is 4. The van der Waals surface area contributed by atoms with Crippen LogP contribution in [0.4, 0.5) is 5.82 Å². The predicted molar refractivity (Wildman–Crippen MR) is 95.7 cm³/mol. The molecule has 2 aromatic heterocycles. The van der Waals surface area contributed by atoms with Crippen LogP contribution in [0.1, 0.15) is 41.7 Å². The van der Waals surface area contributed by atoms with Gasteiger partial charge in [0.15, 0.2) is 0 Å². The summed E-state index contributed by atoms with van der Waals surface area (Å²) in [5, 5.41) is 6.27. The van der Waals surface area contributed by atoms with E-state index in [1.165, 1.54) is 0 Å². The minimum absolute atomic E-state index is 0.156. The standard InChI is InChI=1S/C18H19N5O2/c1-10(11-2-5-14-15(8-11)23-18(25)22-14)20-17(24)12-6-7-19-16(9-12)21-13-3-4-13/h2,5-10,13H,3-4H2,1H3,(H,19,21)(H,20,24)(H2,22,23,25)/t10-/m1/s1. The Balaban J connectivity index is 1.49. The van der Waals surface area contributed by atoms with Crippen LogP contribution in [-0.2, 0) is 0 Å². The zero-order valence-electron chi connectivity index (χ0n) is 13.8. The van der Waals surface area contributed by atoms with Crippen LogP contribution in [-0.4, -0.2) is 26.9 Å². The molecule has 0 unspecified atom stereocenters. The van der Waals surface area contributed by atoms with Gasteiger partial charge < -0.3 is 20.6 Å². The minimum atomic E-state index is -0.240. The monoisotopic (exact) mass is 337 g/mol. The molecule has 7 heteroatoms. The molecule has 2 heterocycles. The lowest BCUT2D eigenvalue weighted by Gasteiger charge is -2.15. The first kappa shape index (κ1) is 15.4. The van der Waals surface area contributed by atoms with Crippen LogP contribution >= 0.6 is 0 Å². The fourth-order valence-electron chi connectivity index (χ4n) is 2.77. The van der Waals surface area contributed by atoms with E-state index in [1.54, 1.807) is 18.3 Å². The Morgan fingerprint density at radius 1 is 1.20 bits per heavy atom. The fraction of sp³-hybridized carbons (Fsp3) is 0.278. The third-order valence-electron chi connectivity index (χ3n) is 4.34. The van der Waals surface area contributed by atoms with Gasteiger partial charge in [-0.2, -0.15) is 0 Å². The second-order valence-corrected chi connectivity index (χ2v) is 6.43. The third-order valence-corrected chi connectivity index (χ3v) is 4.34. The lowest BCUT2D eigenvalue weighted by Crippen LogP contribution is -2.26. The number of pyridine rings is 1. The van der Waals surface area contributed by atoms with E-state index in [2.05, 4.69) is 25.6 Å². The highest BCUT2D eigenvalue weighted by atomic mass is 16.2. The maximum atomic E-state index is 12.5. The molecule has 0 bridgehead atoms. The number of carbonyl (C=O) groups excluding carboxylic acids is 1. The number of aromatic amines is 2. The number of carbonyl (C=O) groups is 1. The summed E-state index contributed by atoms with van der Waals surface area (Å²) in [6, 6.07) is 9.35. The molecular weight excluding hydrogens is 318 g/mol. The van der Waals surface area contributed by atoms with E-state index in [9.17, 15) is 9.59 Å². The van der Waals surface area contributed by atoms with Crippen molar-refractivity contribution in [1.82, 2.24) is 20.3 Å². The minimum Gasteiger partial charge on any atom is -0.367 e. The van der Waals surface area contributed by atoms with Crippen LogP contribution in [0.3, 0.4) is 0 Å². The number of anilines is 1. The molecule has 25 heavy (non-hydrogen) atoms. The van der Waals surface area contributed by atoms with E-state index in [1.807, 2.05) is 25.1 Å². The zero-order chi connectivity index (χ0) is 17.4. The Hall–Kier alpha value is -3.09. The van der Waals surface area contributed by atoms with Gasteiger partial charge in [-0.3, -0.25) is 4.79 Å². The molecule has 1 fully saturated rings. The molecule has 1 atom stereocenters. The molecule has 4 N–H and O–H groups in total. The van der Waals surface area contributed by atoms with E-state index in [0.717, 1.165) is 35.3 Å². The molecule has 0 radical (unpaired) electrons. The number of rotatable bonds is 5. The number of hydrogen-bond acceptors (Lipinski definition) is 4. The second-order valence-electron chi connectivity index (χ2n) is 6.43. The molecule has 7 nitrogen and oxygen atoms in total. The molecule has 1 saturated carbocycles. The predicted octanol–water partition coefficient (Wildman–Crippen LogP) is 2.32. The topological polar surface area (TPSA) is 103 Å². The molecule has 0 aliphatic heterocycles. The summed E-state index contributed by atoms with van der Waals surface area (Å²) < 4.78 is 0. The second kappa shape index (κ2) is 6.08. The highest BCUT2D eigenvalue weighted by molar-refractivity contribution is 5.95. The summed E-state index contributed by atoms with van der Waals surface area (Å²) in [5.41, 5.74) is 2.72. The number of aromatic nitrogens is 3. The van der Waals surface area contributed by atoms with Gasteiger partial charge in [-0.15, -0.1) is 0 Å². The van der Waals surface area contributed by atoms with Gasteiger partial charge in [-0.1, -0.05) is 6.07 Å². The van der Waals surface area contributed by atoms with E-state index in [-0.39, 0.29) is 17.6 Å². The average Bonchev–Trinajstić information content (AvgIpc) is 3.32. The van der Waals surface area contributed by atoms with Crippen LogP contribution in [0.5, 0.6) is 0 Å². The third kappa shape index (κ3) is 3.40. The van der Waals surface area contributed by atoms with Crippen molar-refractivity contribution in [2.75, 3.05) is 5.32 Å². The van der Waals surface area contributed by atoms with Crippen molar-refractivity contribution in [2.24, 2.45) is 0 Å². The Morgan fingerprint density at radius 2 is 2.00 bits per heavy atom. The largest absolute Gasteiger partial charge is 0.367 e. The van der Waals surface area contributed by atoms with Crippen molar-refractivity contribution >= 4 is 22.8 Å². The highest BCUT2D eigenvalue weighted by Gasteiger charge is 2.21. The molecule has 0 spiro atoms. The lowest BCUT2D eigenvalue weighted by atomic mass is 10.1. The normalized spacial score (nSPS) is 15.1. The number of nitrogens with zero attached hydrogens (tertiary/aromatic N) is 1. The number of H-pyrrole nitrogens is 2. The van der Waals surface area contributed by atoms with Gasteiger partial charge in [0.1, 0.15) is 5.82 Å². The Morgan fingerprint density at radius 3 is 2.80 bits per heavy atom.